The predicted molar refractivity (Wildman–Crippen MR) is 82.2 cm³/mol. The maximum absolute atomic E-state index is 5.93. The molecule has 0 fully saturated rings. The summed E-state index contributed by atoms with van der Waals surface area (Å²) in [6.07, 6.45) is 4.46. The molecule has 0 saturated heterocycles. The topological polar surface area (TPSA) is 27.7 Å². The van der Waals surface area contributed by atoms with Gasteiger partial charge in [-0.25, -0.2) is 0 Å². The van der Waals surface area contributed by atoms with E-state index in [2.05, 4.69) is 6.58 Å². The molecule has 1 aromatic carbocycles. The lowest BCUT2D eigenvalue weighted by atomic mass is 10.1. The van der Waals surface area contributed by atoms with E-state index in [4.69, 9.17) is 14.2 Å². The van der Waals surface area contributed by atoms with Gasteiger partial charge in [-0.2, -0.15) is 0 Å². The predicted octanol–water partition coefficient (Wildman–Crippen LogP) is 4.02. The second-order valence-electron chi connectivity index (χ2n) is 4.98. The number of hydrogen-bond acceptors (Lipinski definition) is 3. The molecule has 0 aliphatic rings. The van der Waals surface area contributed by atoms with Gasteiger partial charge in [-0.3, -0.25) is 0 Å². The highest BCUT2D eigenvalue weighted by Gasteiger charge is 2.22. The van der Waals surface area contributed by atoms with E-state index < -0.39 is 5.79 Å². The largest absolute Gasteiger partial charge is 0.502 e. The minimum Gasteiger partial charge on any atom is -0.502 e. The average molecular weight is 276 g/mol. The van der Waals surface area contributed by atoms with Crippen molar-refractivity contribution in [3.63, 3.8) is 0 Å². The van der Waals surface area contributed by atoms with Crippen LogP contribution in [0.25, 0.3) is 6.08 Å². The van der Waals surface area contributed by atoms with Crippen LogP contribution in [0.15, 0.2) is 48.7 Å². The van der Waals surface area contributed by atoms with Gasteiger partial charge in [0.25, 0.3) is 0 Å². The monoisotopic (exact) mass is 276 g/mol. The lowest BCUT2D eigenvalue weighted by molar-refractivity contribution is -0.214. The fourth-order valence-corrected chi connectivity index (χ4v) is 1.65. The van der Waals surface area contributed by atoms with Crippen molar-refractivity contribution in [2.75, 3.05) is 14.2 Å². The van der Waals surface area contributed by atoms with E-state index in [1.807, 2.05) is 56.3 Å². The van der Waals surface area contributed by atoms with Gasteiger partial charge in [-0.15, -0.1) is 0 Å². The van der Waals surface area contributed by atoms with Crippen LogP contribution in [0.1, 0.15) is 25.8 Å². The van der Waals surface area contributed by atoms with Crippen LogP contribution in [-0.2, 0) is 14.2 Å². The van der Waals surface area contributed by atoms with Crippen LogP contribution in [0.3, 0.4) is 0 Å². The summed E-state index contributed by atoms with van der Waals surface area (Å²) in [7, 11) is 3.24. The van der Waals surface area contributed by atoms with Crippen LogP contribution in [0.5, 0.6) is 0 Å². The second-order valence-corrected chi connectivity index (χ2v) is 4.98. The Bertz CT molecular complexity index is 435. The van der Waals surface area contributed by atoms with Gasteiger partial charge in [0.05, 0.1) is 19.0 Å². The molecule has 0 N–H and O–H groups in total. The van der Waals surface area contributed by atoms with Crippen molar-refractivity contribution >= 4 is 6.08 Å². The first-order chi connectivity index (χ1) is 9.46. The third-order valence-electron chi connectivity index (χ3n) is 2.95. The molecule has 1 aromatic rings. The van der Waals surface area contributed by atoms with E-state index in [1.54, 1.807) is 14.2 Å². The summed E-state index contributed by atoms with van der Waals surface area (Å²) < 4.78 is 16.4. The lowest BCUT2D eigenvalue weighted by Gasteiger charge is -2.28. The standard InChI is InChI=1S/C17H24O3/c1-14(18-4)13-16(20-17(2,3)19-5)12-11-15-9-7-6-8-10-15/h6-12,16H,1,13H2,2-5H3/b12-11+. The van der Waals surface area contributed by atoms with Crippen molar-refractivity contribution in [2.45, 2.75) is 32.2 Å². The summed E-state index contributed by atoms with van der Waals surface area (Å²) in [6, 6.07) is 10.1. The summed E-state index contributed by atoms with van der Waals surface area (Å²) in [4.78, 5) is 0. The van der Waals surface area contributed by atoms with Gasteiger partial charge in [0.2, 0.25) is 0 Å². The average Bonchev–Trinajstić information content (AvgIpc) is 2.45. The van der Waals surface area contributed by atoms with Crippen LogP contribution in [0, 0.1) is 0 Å². The van der Waals surface area contributed by atoms with Crippen LogP contribution in [-0.4, -0.2) is 26.1 Å². The Morgan fingerprint density at radius 3 is 2.45 bits per heavy atom. The summed E-state index contributed by atoms with van der Waals surface area (Å²) in [6.45, 7) is 7.61. The summed E-state index contributed by atoms with van der Waals surface area (Å²) in [5.74, 6) is 0.0271. The fraction of sp³-hybridized carbons (Fsp3) is 0.412. The minimum absolute atomic E-state index is 0.155. The molecule has 1 atom stereocenters. The Balaban J connectivity index is 2.77. The Kier molecular flexibility index (Phi) is 6.49. The van der Waals surface area contributed by atoms with E-state index in [0.717, 1.165) is 5.56 Å². The molecule has 0 radical (unpaired) electrons. The minimum atomic E-state index is -0.653. The Hall–Kier alpha value is -1.58. The molecule has 0 bridgehead atoms. The van der Waals surface area contributed by atoms with Gasteiger partial charge in [0, 0.05) is 13.5 Å². The maximum atomic E-state index is 5.93. The van der Waals surface area contributed by atoms with Crippen molar-refractivity contribution in [2.24, 2.45) is 0 Å². The molecule has 0 aliphatic carbocycles. The number of methoxy groups -OCH3 is 2. The fourth-order valence-electron chi connectivity index (χ4n) is 1.65. The van der Waals surface area contributed by atoms with Crippen LogP contribution >= 0.6 is 0 Å². The quantitative estimate of drug-likeness (QED) is 0.530. The van der Waals surface area contributed by atoms with Crippen molar-refractivity contribution in [1.82, 2.24) is 0 Å². The normalized spacial score (nSPS) is 13.4. The van der Waals surface area contributed by atoms with E-state index in [0.29, 0.717) is 12.2 Å². The van der Waals surface area contributed by atoms with Crippen LogP contribution in [0.2, 0.25) is 0 Å². The molecule has 0 heterocycles. The molecule has 3 nitrogen and oxygen atoms in total. The van der Waals surface area contributed by atoms with Gasteiger partial charge in [0.1, 0.15) is 0 Å². The summed E-state index contributed by atoms with van der Waals surface area (Å²) in [5, 5.41) is 0. The van der Waals surface area contributed by atoms with Crippen molar-refractivity contribution in [1.29, 1.82) is 0 Å². The number of benzene rings is 1. The molecule has 3 heteroatoms. The zero-order valence-electron chi connectivity index (χ0n) is 12.8. The van der Waals surface area contributed by atoms with Crippen molar-refractivity contribution < 1.29 is 14.2 Å². The molecule has 20 heavy (non-hydrogen) atoms. The summed E-state index contributed by atoms with van der Waals surface area (Å²) >= 11 is 0. The SMILES string of the molecule is C=C(CC(/C=C/c1ccccc1)OC(C)(C)OC)OC. The zero-order chi connectivity index (χ0) is 15.0. The van der Waals surface area contributed by atoms with Gasteiger partial charge in [-0.05, 0) is 19.4 Å². The first kappa shape index (κ1) is 16.5. The molecule has 110 valence electrons. The highest BCUT2D eigenvalue weighted by molar-refractivity contribution is 5.49. The molecular formula is C17H24O3. The first-order valence-corrected chi connectivity index (χ1v) is 6.65. The Morgan fingerprint density at radius 2 is 1.90 bits per heavy atom. The van der Waals surface area contributed by atoms with Gasteiger partial charge in [-0.1, -0.05) is 49.1 Å². The van der Waals surface area contributed by atoms with E-state index >= 15 is 0 Å². The molecule has 1 rings (SSSR count). The number of rotatable bonds is 8. The first-order valence-electron chi connectivity index (χ1n) is 6.65. The number of hydrogen-bond donors (Lipinski definition) is 0. The van der Waals surface area contributed by atoms with Gasteiger partial charge < -0.3 is 14.2 Å². The smallest absolute Gasteiger partial charge is 0.163 e. The molecule has 0 aliphatic heterocycles. The highest BCUT2D eigenvalue weighted by Crippen LogP contribution is 2.19. The molecule has 0 spiro atoms. The zero-order valence-corrected chi connectivity index (χ0v) is 12.8. The van der Waals surface area contributed by atoms with Gasteiger partial charge >= 0.3 is 0 Å². The Morgan fingerprint density at radius 1 is 1.25 bits per heavy atom. The molecule has 0 saturated carbocycles. The third kappa shape index (κ3) is 6.04. The molecule has 0 amide bonds. The third-order valence-corrected chi connectivity index (χ3v) is 2.95. The molecule has 0 aromatic heterocycles. The van der Waals surface area contributed by atoms with E-state index in [9.17, 15) is 0 Å². The highest BCUT2D eigenvalue weighted by atomic mass is 16.7. The number of ether oxygens (including phenoxy) is 3. The van der Waals surface area contributed by atoms with Crippen molar-refractivity contribution in [3.8, 4) is 0 Å². The second kappa shape index (κ2) is 7.88. The molecular weight excluding hydrogens is 252 g/mol. The van der Waals surface area contributed by atoms with E-state index in [1.165, 1.54) is 0 Å². The van der Waals surface area contributed by atoms with Crippen LogP contribution < -0.4 is 0 Å². The Labute approximate surface area is 121 Å². The van der Waals surface area contributed by atoms with Crippen molar-refractivity contribution in [3.05, 3.63) is 54.3 Å². The molecule has 1 unspecified atom stereocenters. The van der Waals surface area contributed by atoms with Gasteiger partial charge in [0.15, 0.2) is 5.79 Å². The van der Waals surface area contributed by atoms with E-state index in [-0.39, 0.29) is 6.10 Å². The maximum Gasteiger partial charge on any atom is 0.163 e. The summed E-state index contributed by atoms with van der Waals surface area (Å²) in [5.41, 5.74) is 1.12. The lowest BCUT2D eigenvalue weighted by Crippen LogP contribution is -2.31. The van der Waals surface area contributed by atoms with Crippen LogP contribution in [0.4, 0.5) is 0 Å².